The van der Waals surface area contributed by atoms with Gasteiger partial charge in [0.05, 0.1) is 6.04 Å². The van der Waals surface area contributed by atoms with Gasteiger partial charge in [0.25, 0.3) is 6.47 Å². The molecule has 1 saturated heterocycles. The Morgan fingerprint density at radius 2 is 2.67 bits per heavy atom. The quantitative estimate of drug-likeness (QED) is 0.465. The first-order chi connectivity index (χ1) is 4.43. The Morgan fingerprint density at radius 3 is 3.22 bits per heavy atom. The SMILES string of the molecule is O=COCC1CNCN1. The summed E-state index contributed by atoms with van der Waals surface area (Å²) in [6, 6.07) is 0.301. The van der Waals surface area contributed by atoms with E-state index in [4.69, 9.17) is 0 Å². The molecule has 1 unspecified atom stereocenters. The summed E-state index contributed by atoms with van der Waals surface area (Å²) in [6.07, 6.45) is 0. The summed E-state index contributed by atoms with van der Waals surface area (Å²) >= 11 is 0. The van der Waals surface area contributed by atoms with Crippen LogP contribution in [0.25, 0.3) is 0 Å². The Balaban J connectivity index is 2.04. The lowest BCUT2D eigenvalue weighted by Gasteiger charge is -2.04. The summed E-state index contributed by atoms with van der Waals surface area (Å²) in [5.74, 6) is 0. The van der Waals surface area contributed by atoms with Crippen LogP contribution in [-0.2, 0) is 9.53 Å². The van der Waals surface area contributed by atoms with E-state index in [0.717, 1.165) is 13.2 Å². The fraction of sp³-hybridized carbons (Fsp3) is 0.800. The van der Waals surface area contributed by atoms with Crippen LogP contribution in [0.1, 0.15) is 0 Å². The molecule has 9 heavy (non-hydrogen) atoms. The fourth-order valence-corrected chi connectivity index (χ4v) is 0.808. The van der Waals surface area contributed by atoms with Crippen LogP contribution in [-0.4, -0.2) is 32.3 Å². The van der Waals surface area contributed by atoms with Crippen molar-refractivity contribution in [3.05, 3.63) is 0 Å². The van der Waals surface area contributed by atoms with E-state index in [2.05, 4.69) is 15.4 Å². The molecule has 4 nitrogen and oxygen atoms in total. The summed E-state index contributed by atoms with van der Waals surface area (Å²) in [7, 11) is 0. The number of nitrogens with one attached hydrogen (secondary N) is 2. The van der Waals surface area contributed by atoms with E-state index in [9.17, 15) is 4.79 Å². The van der Waals surface area contributed by atoms with Crippen LogP contribution in [0.4, 0.5) is 0 Å². The van der Waals surface area contributed by atoms with Crippen molar-refractivity contribution in [2.45, 2.75) is 6.04 Å². The molecular formula is C5H10N2O2. The largest absolute Gasteiger partial charge is 0.466 e. The molecule has 0 saturated carbocycles. The molecule has 1 aliphatic rings. The molecule has 1 fully saturated rings. The number of carbonyl (C=O) groups is 1. The molecule has 2 N–H and O–H groups in total. The smallest absolute Gasteiger partial charge is 0.293 e. The molecule has 1 atom stereocenters. The topological polar surface area (TPSA) is 50.4 Å². The standard InChI is InChI=1S/C5H10N2O2/c8-4-9-2-5-1-6-3-7-5/h4-7H,1-3H2. The van der Waals surface area contributed by atoms with Crippen LogP contribution in [0.15, 0.2) is 0 Å². The van der Waals surface area contributed by atoms with Crippen molar-refractivity contribution in [2.75, 3.05) is 19.8 Å². The molecule has 0 aromatic heterocycles. The number of rotatable bonds is 3. The van der Waals surface area contributed by atoms with Gasteiger partial charge in [0.2, 0.25) is 0 Å². The molecule has 0 bridgehead atoms. The zero-order chi connectivity index (χ0) is 6.53. The van der Waals surface area contributed by atoms with Crippen molar-refractivity contribution in [1.29, 1.82) is 0 Å². The predicted octanol–water partition coefficient (Wildman–Crippen LogP) is -1.32. The third kappa shape index (κ3) is 1.99. The number of hydrogen-bond donors (Lipinski definition) is 2. The summed E-state index contributed by atoms with van der Waals surface area (Å²) < 4.78 is 4.53. The van der Waals surface area contributed by atoms with Crippen LogP contribution in [0.2, 0.25) is 0 Å². The van der Waals surface area contributed by atoms with Gasteiger partial charge in [0.1, 0.15) is 6.61 Å². The third-order valence-electron chi connectivity index (χ3n) is 1.27. The summed E-state index contributed by atoms with van der Waals surface area (Å²) in [6.45, 7) is 2.64. The van der Waals surface area contributed by atoms with E-state index in [1.165, 1.54) is 0 Å². The van der Waals surface area contributed by atoms with Gasteiger partial charge in [-0.05, 0) is 0 Å². The Bertz CT molecular complexity index is 91.0. The molecule has 1 heterocycles. The average molecular weight is 130 g/mol. The first-order valence-electron chi connectivity index (χ1n) is 2.93. The minimum Gasteiger partial charge on any atom is -0.466 e. The lowest BCUT2D eigenvalue weighted by atomic mass is 10.3. The van der Waals surface area contributed by atoms with Crippen LogP contribution in [0.3, 0.4) is 0 Å². The van der Waals surface area contributed by atoms with Gasteiger partial charge in [-0.25, -0.2) is 0 Å². The van der Waals surface area contributed by atoms with E-state index >= 15 is 0 Å². The van der Waals surface area contributed by atoms with Crippen molar-refractivity contribution in [2.24, 2.45) is 0 Å². The second-order valence-electron chi connectivity index (χ2n) is 1.96. The maximum Gasteiger partial charge on any atom is 0.293 e. The van der Waals surface area contributed by atoms with Crippen LogP contribution < -0.4 is 10.6 Å². The van der Waals surface area contributed by atoms with Crippen LogP contribution in [0, 0.1) is 0 Å². The molecule has 1 aliphatic heterocycles. The molecule has 0 aromatic rings. The Labute approximate surface area is 53.6 Å². The predicted molar refractivity (Wildman–Crippen MR) is 31.8 cm³/mol. The second-order valence-corrected chi connectivity index (χ2v) is 1.96. The lowest BCUT2D eigenvalue weighted by Crippen LogP contribution is -2.28. The Morgan fingerprint density at radius 1 is 1.78 bits per heavy atom. The monoisotopic (exact) mass is 130 g/mol. The maximum absolute atomic E-state index is 9.69. The lowest BCUT2D eigenvalue weighted by molar-refractivity contribution is -0.129. The second kappa shape index (κ2) is 3.42. The van der Waals surface area contributed by atoms with Crippen molar-refractivity contribution in [3.8, 4) is 0 Å². The Kier molecular flexibility index (Phi) is 2.48. The van der Waals surface area contributed by atoms with Crippen molar-refractivity contribution < 1.29 is 9.53 Å². The van der Waals surface area contributed by atoms with Crippen LogP contribution >= 0.6 is 0 Å². The molecule has 0 radical (unpaired) electrons. The van der Waals surface area contributed by atoms with Gasteiger partial charge in [0, 0.05) is 13.2 Å². The molecule has 0 spiro atoms. The zero-order valence-corrected chi connectivity index (χ0v) is 5.09. The third-order valence-corrected chi connectivity index (χ3v) is 1.27. The minimum absolute atomic E-state index is 0.301. The highest BCUT2D eigenvalue weighted by Gasteiger charge is 2.12. The molecule has 1 rings (SSSR count). The first kappa shape index (κ1) is 6.51. The number of hydrogen-bond acceptors (Lipinski definition) is 4. The van der Waals surface area contributed by atoms with E-state index in [1.807, 2.05) is 0 Å². The van der Waals surface area contributed by atoms with Crippen molar-refractivity contribution >= 4 is 6.47 Å². The summed E-state index contributed by atoms with van der Waals surface area (Å²) in [5.41, 5.74) is 0. The van der Waals surface area contributed by atoms with Crippen LogP contribution in [0.5, 0.6) is 0 Å². The van der Waals surface area contributed by atoms with Gasteiger partial charge >= 0.3 is 0 Å². The van der Waals surface area contributed by atoms with Gasteiger partial charge < -0.3 is 10.1 Å². The highest BCUT2D eigenvalue weighted by atomic mass is 16.5. The average Bonchev–Trinajstić information content (AvgIpc) is 2.34. The van der Waals surface area contributed by atoms with E-state index in [1.54, 1.807) is 0 Å². The van der Waals surface area contributed by atoms with Crippen molar-refractivity contribution in [3.63, 3.8) is 0 Å². The number of carbonyl (C=O) groups excluding carboxylic acids is 1. The molecule has 0 aromatic carbocycles. The van der Waals surface area contributed by atoms with E-state index in [-0.39, 0.29) is 0 Å². The normalized spacial score (nSPS) is 26.0. The molecule has 0 aliphatic carbocycles. The number of ether oxygens (including phenoxy) is 1. The van der Waals surface area contributed by atoms with Gasteiger partial charge in [-0.1, -0.05) is 0 Å². The van der Waals surface area contributed by atoms with Gasteiger partial charge in [-0.2, -0.15) is 0 Å². The fourth-order valence-electron chi connectivity index (χ4n) is 0.808. The highest BCUT2D eigenvalue weighted by molar-refractivity contribution is 5.36. The van der Waals surface area contributed by atoms with E-state index in [0.29, 0.717) is 19.1 Å². The molecule has 52 valence electrons. The molecular weight excluding hydrogens is 120 g/mol. The van der Waals surface area contributed by atoms with Gasteiger partial charge in [0.15, 0.2) is 0 Å². The first-order valence-corrected chi connectivity index (χ1v) is 2.93. The van der Waals surface area contributed by atoms with Gasteiger partial charge in [-0.15, -0.1) is 0 Å². The van der Waals surface area contributed by atoms with Gasteiger partial charge in [-0.3, -0.25) is 10.1 Å². The molecule has 0 amide bonds. The summed E-state index contributed by atoms with van der Waals surface area (Å²) in [4.78, 5) is 9.69. The van der Waals surface area contributed by atoms with E-state index < -0.39 is 0 Å². The van der Waals surface area contributed by atoms with Crippen molar-refractivity contribution in [1.82, 2.24) is 10.6 Å². The zero-order valence-electron chi connectivity index (χ0n) is 5.09. The molecule has 4 heteroatoms. The summed E-state index contributed by atoms with van der Waals surface area (Å²) in [5, 5.41) is 6.17. The Hall–Kier alpha value is -0.610. The maximum atomic E-state index is 9.69. The minimum atomic E-state index is 0.301. The highest BCUT2D eigenvalue weighted by Crippen LogP contribution is 1.86.